The summed E-state index contributed by atoms with van der Waals surface area (Å²) in [6, 6.07) is 0. The van der Waals surface area contributed by atoms with E-state index in [9.17, 15) is 0 Å². The number of hydrogen-bond donors (Lipinski definition) is 1. The molecule has 0 amide bonds. The molecule has 0 aromatic carbocycles. The third kappa shape index (κ3) is 14.0. The number of aliphatic hydroxyl groups excluding tert-OH is 1. The minimum atomic E-state index is 0.326. The predicted molar refractivity (Wildman–Crippen MR) is 105 cm³/mol. The Labute approximate surface area is 147 Å². The molecule has 0 fully saturated rings. The fourth-order valence-electron chi connectivity index (χ4n) is 3.30. The Hall–Kier alpha value is -0.0400. The van der Waals surface area contributed by atoms with E-state index in [-0.39, 0.29) is 0 Å². The van der Waals surface area contributed by atoms with E-state index in [0.717, 1.165) is 12.3 Å². The van der Waals surface area contributed by atoms with Gasteiger partial charge in [-0.05, 0) is 36.0 Å². The summed E-state index contributed by atoms with van der Waals surface area (Å²) in [5.41, 5.74) is 0.877. The average Bonchev–Trinajstić information content (AvgIpc) is 2.46. The molecular formula is C22H46O. The average molecular weight is 327 g/mol. The van der Waals surface area contributed by atoms with Crippen LogP contribution >= 0.6 is 0 Å². The van der Waals surface area contributed by atoms with E-state index in [1.54, 1.807) is 0 Å². The van der Waals surface area contributed by atoms with Crippen molar-refractivity contribution in [2.45, 2.75) is 119 Å². The van der Waals surface area contributed by atoms with Gasteiger partial charge in [0, 0.05) is 6.61 Å². The van der Waals surface area contributed by atoms with Crippen LogP contribution < -0.4 is 0 Å². The molecule has 0 spiro atoms. The second kappa shape index (κ2) is 12.3. The molecule has 1 N–H and O–H groups in total. The molecule has 23 heavy (non-hydrogen) atoms. The summed E-state index contributed by atoms with van der Waals surface area (Å²) in [5.74, 6) is 0.902. The van der Waals surface area contributed by atoms with E-state index in [1.165, 1.54) is 70.6 Å². The summed E-state index contributed by atoms with van der Waals surface area (Å²) >= 11 is 0. The highest BCUT2D eigenvalue weighted by Crippen LogP contribution is 2.29. The van der Waals surface area contributed by atoms with Crippen molar-refractivity contribution in [2.24, 2.45) is 16.7 Å². The molecular weight excluding hydrogens is 280 g/mol. The summed E-state index contributed by atoms with van der Waals surface area (Å²) in [5, 5.41) is 9.06. The molecule has 0 rings (SSSR count). The molecule has 0 radical (unpaired) electrons. The first-order chi connectivity index (χ1) is 10.7. The fourth-order valence-corrected chi connectivity index (χ4v) is 3.30. The van der Waals surface area contributed by atoms with Gasteiger partial charge in [0.1, 0.15) is 0 Å². The van der Waals surface area contributed by atoms with Crippen LogP contribution in [-0.4, -0.2) is 11.7 Å². The maximum absolute atomic E-state index is 9.06. The monoisotopic (exact) mass is 326 g/mol. The van der Waals surface area contributed by atoms with Crippen LogP contribution in [0.5, 0.6) is 0 Å². The van der Waals surface area contributed by atoms with E-state index < -0.39 is 0 Å². The summed E-state index contributed by atoms with van der Waals surface area (Å²) in [6.07, 6.45) is 16.0. The van der Waals surface area contributed by atoms with Gasteiger partial charge in [0.25, 0.3) is 0 Å². The van der Waals surface area contributed by atoms with Crippen LogP contribution in [0.4, 0.5) is 0 Å². The minimum Gasteiger partial charge on any atom is -0.396 e. The smallest absolute Gasteiger partial charge is 0.0436 e. The molecule has 0 aromatic heterocycles. The highest BCUT2D eigenvalue weighted by atomic mass is 16.3. The van der Waals surface area contributed by atoms with Gasteiger partial charge >= 0.3 is 0 Å². The Bertz CT molecular complexity index is 267. The molecule has 0 heterocycles. The van der Waals surface area contributed by atoms with Crippen molar-refractivity contribution in [3.63, 3.8) is 0 Å². The molecule has 1 atom stereocenters. The largest absolute Gasteiger partial charge is 0.396 e. The molecule has 1 unspecified atom stereocenters. The Balaban J connectivity index is 3.49. The maximum atomic E-state index is 9.06. The molecule has 1 heteroatoms. The molecule has 0 aromatic rings. The van der Waals surface area contributed by atoms with E-state index in [4.69, 9.17) is 5.11 Å². The number of hydrogen-bond acceptors (Lipinski definition) is 1. The Kier molecular flexibility index (Phi) is 12.3. The predicted octanol–water partition coefficient (Wildman–Crippen LogP) is 7.37. The van der Waals surface area contributed by atoms with Gasteiger partial charge in [-0.15, -0.1) is 0 Å². The van der Waals surface area contributed by atoms with Crippen LogP contribution in [0.1, 0.15) is 119 Å². The molecule has 0 saturated heterocycles. The first kappa shape index (κ1) is 23.0. The third-order valence-corrected chi connectivity index (χ3v) is 5.85. The van der Waals surface area contributed by atoms with E-state index in [1.807, 2.05) is 0 Å². The van der Waals surface area contributed by atoms with Crippen LogP contribution in [0.15, 0.2) is 0 Å². The van der Waals surface area contributed by atoms with Crippen molar-refractivity contribution in [1.29, 1.82) is 0 Å². The first-order valence-corrected chi connectivity index (χ1v) is 10.3. The Morgan fingerprint density at radius 3 is 1.61 bits per heavy atom. The van der Waals surface area contributed by atoms with E-state index in [2.05, 4.69) is 41.5 Å². The van der Waals surface area contributed by atoms with Crippen LogP contribution in [0, 0.1) is 16.7 Å². The lowest BCUT2D eigenvalue weighted by Crippen LogP contribution is -2.13. The van der Waals surface area contributed by atoms with Crippen molar-refractivity contribution < 1.29 is 5.11 Å². The van der Waals surface area contributed by atoms with Crippen molar-refractivity contribution in [1.82, 2.24) is 0 Å². The minimum absolute atomic E-state index is 0.326. The first-order valence-electron chi connectivity index (χ1n) is 10.3. The molecule has 0 aliphatic rings. The summed E-state index contributed by atoms with van der Waals surface area (Å²) in [6.45, 7) is 14.4. The maximum Gasteiger partial charge on any atom is 0.0436 e. The second-order valence-corrected chi connectivity index (χ2v) is 9.46. The van der Waals surface area contributed by atoms with Gasteiger partial charge in [-0.1, -0.05) is 99.3 Å². The standard InChI is InChI=1S/C22H46O/c1-7-21(3,4)16-12-8-10-14-20(2)15-11-9-13-17-22(5,6)18-19-23/h20,23H,7-19H2,1-6H3. The van der Waals surface area contributed by atoms with Crippen molar-refractivity contribution in [3.8, 4) is 0 Å². The normalized spacial score (nSPS) is 14.2. The van der Waals surface area contributed by atoms with Gasteiger partial charge in [0.2, 0.25) is 0 Å². The lowest BCUT2D eigenvalue weighted by Gasteiger charge is -2.23. The topological polar surface area (TPSA) is 20.2 Å². The molecule has 0 aliphatic carbocycles. The molecule has 1 nitrogen and oxygen atoms in total. The van der Waals surface area contributed by atoms with Crippen molar-refractivity contribution in [2.75, 3.05) is 6.61 Å². The van der Waals surface area contributed by atoms with Gasteiger partial charge < -0.3 is 5.11 Å². The number of rotatable bonds is 15. The third-order valence-electron chi connectivity index (χ3n) is 5.85. The van der Waals surface area contributed by atoms with Crippen LogP contribution in [0.25, 0.3) is 0 Å². The Morgan fingerprint density at radius 1 is 0.696 bits per heavy atom. The molecule has 0 bridgehead atoms. The fraction of sp³-hybridized carbons (Fsp3) is 1.00. The van der Waals surface area contributed by atoms with Gasteiger partial charge in [0.05, 0.1) is 0 Å². The van der Waals surface area contributed by atoms with E-state index in [0.29, 0.717) is 17.4 Å². The lowest BCUT2D eigenvalue weighted by atomic mass is 9.83. The Morgan fingerprint density at radius 2 is 1.17 bits per heavy atom. The summed E-state index contributed by atoms with van der Waals surface area (Å²) in [4.78, 5) is 0. The van der Waals surface area contributed by atoms with Crippen LogP contribution in [-0.2, 0) is 0 Å². The highest BCUT2D eigenvalue weighted by Gasteiger charge is 2.16. The molecule has 0 saturated carbocycles. The molecule has 140 valence electrons. The zero-order chi connectivity index (χ0) is 17.8. The number of unbranched alkanes of at least 4 members (excludes halogenated alkanes) is 4. The van der Waals surface area contributed by atoms with Gasteiger partial charge in [-0.2, -0.15) is 0 Å². The zero-order valence-electron chi connectivity index (χ0n) is 17.2. The van der Waals surface area contributed by atoms with Gasteiger partial charge in [-0.3, -0.25) is 0 Å². The lowest BCUT2D eigenvalue weighted by molar-refractivity contribution is 0.198. The van der Waals surface area contributed by atoms with Crippen molar-refractivity contribution in [3.05, 3.63) is 0 Å². The summed E-state index contributed by atoms with van der Waals surface area (Å²) < 4.78 is 0. The molecule has 0 aliphatic heterocycles. The number of aliphatic hydroxyl groups is 1. The van der Waals surface area contributed by atoms with E-state index >= 15 is 0 Å². The van der Waals surface area contributed by atoms with Crippen LogP contribution in [0.3, 0.4) is 0 Å². The zero-order valence-corrected chi connectivity index (χ0v) is 17.2. The van der Waals surface area contributed by atoms with Crippen LogP contribution in [0.2, 0.25) is 0 Å². The quantitative estimate of drug-likeness (QED) is 0.311. The SMILES string of the molecule is CCC(C)(C)CCCCCC(C)CCCCCC(C)(C)CCO. The summed E-state index contributed by atoms with van der Waals surface area (Å²) in [7, 11) is 0. The van der Waals surface area contributed by atoms with Gasteiger partial charge in [-0.25, -0.2) is 0 Å². The van der Waals surface area contributed by atoms with Gasteiger partial charge in [0.15, 0.2) is 0 Å². The highest BCUT2D eigenvalue weighted by molar-refractivity contribution is 4.68. The second-order valence-electron chi connectivity index (χ2n) is 9.46. The van der Waals surface area contributed by atoms with Crippen molar-refractivity contribution >= 4 is 0 Å².